The average molecular weight is 522 g/mol. The van der Waals surface area contributed by atoms with Gasteiger partial charge in [-0.15, -0.1) is 11.3 Å². The van der Waals surface area contributed by atoms with E-state index in [1.807, 2.05) is 6.92 Å². The van der Waals surface area contributed by atoms with E-state index in [0.29, 0.717) is 23.5 Å². The van der Waals surface area contributed by atoms with Crippen molar-refractivity contribution in [2.24, 2.45) is 0 Å². The summed E-state index contributed by atoms with van der Waals surface area (Å²) in [4.78, 5) is 33.1. The zero-order valence-electron chi connectivity index (χ0n) is 19.8. The average Bonchev–Trinajstić information content (AvgIpc) is 3.34. The number of carbonyl (C=O) groups is 2. The van der Waals surface area contributed by atoms with E-state index >= 15 is 0 Å². The number of aldehydes is 1. The number of halogens is 3. The lowest BCUT2D eigenvalue weighted by molar-refractivity contribution is -0.148. The molecule has 1 aromatic carbocycles. The molecule has 3 aromatic rings. The minimum Gasteiger partial charge on any atom is -0.493 e. The molecular weight excluding hydrogens is 495 g/mol. The minimum absolute atomic E-state index is 0.120. The van der Waals surface area contributed by atoms with Crippen LogP contribution in [0.15, 0.2) is 48.1 Å². The Bertz CT molecular complexity index is 1150. The van der Waals surface area contributed by atoms with Crippen molar-refractivity contribution in [1.29, 1.82) is 0 Å². The molecule has 0 aliphatic carbocycles. The molecule has 7 nitrogen and oxygen atoms in total. The molecule has 0 saturated heterocycles. The van der Waals surface area contributed by atoms with Crippen molar-refractivity contribution < 1.29 is 32.2 Å². The minimum atomic E-state index is -4.68. The standard InChI is InChI=1S/C25H26F3N3O4S/c1-3-4-5-11-34-23-9-8-19(12-21(23)25(26,27)28)31(14-20(15-32)35-17(2)33)24-30-22(16-36-24)18-7-6-10-29-13-18/h6-10,12-13,15-16,20H,3-5,11,14H2,1-2H3. The van der Waals surface area contributed by atoms with Gasteiger partial charge >= 0.3 is 12.1 Å². The van der Waals surface area contributed by atoms with Crippen LogP contribution in [-0.4, -0.2) is 41.5 Å². The summed E-state index contributed by atoms with van der Waals surface area (Å²) >= 11 is 1.17. The number of pyridine rings is 1. The smallest absolute Gasteiger partial charge is 0.420 e. The molecular formula is C25H26F3N3O4S. The van der Waals surface area contributed by atoms with Crippen molar-refractivity contribution in [3.05, 3.63) is 53.7 Å². The first kappa shape index (κ1) is 27.1. The number of anilines is 2. The molecule has 0 spiro atoms. The quantitative estimate of drug-likeness (QED) is 0.163. The fourth-order valence-electron chi connectivity index (χ4n) is 3.40. The molecule has 0 radical (unpaired) electrons. The monoisotopic (exact) mass is 521 g/mol. The van der Waals surface area contributed by atoms with Gasteiger partial charge in [0.1, 0.15) is 5.75 Å². The van der Waals surface area contributed by atoms with Gasteiger partial charge in [-0.05, 0) is 36.8 Å². The number of unbranched alkanes of at least 4 members (excludes halogenated alkanes) is 2. The molecule has 0 bridgehead atoms. The summed E-state index contributed by atoms with van der Waals surface area (Å²) in [5.41, 5.74) is 0.462. The van der Waals surface area contributed by atoms with Crippen LogP contribution < -0.4 is 9.64 Å². The highest BCUT2D eigenvalue weighted by atomic mass is 32.1. The Balaban J connectivity index is 2.01. The van der Waals surface area contributed by atoms with Crippen LogP contribution >= 0.6 is 11.3 Å². The van der Waals surface area contributed by atoms with E-state index in [1.54, 1.807) is 29.9 Å². The number of ether oxygens (including phenoxy) is 2. The number of alkyl halides is 3. The summed E-state index contributed by atoms with van der Waals surface area (Å²) in [6, 6.07) is 7.22. The number of aromatic nitrogens is 2. The van der Waals surface area contributed by atoms with Crippen molar-refractivity contribution in [3.63, 3.8) is 0 Å². The van der Waals surface area contributed by atoms with Gasteiger partial charge in [0.05, 0.1) is 24.4 Å². The Morgan fingerprint density at radius 1 is 1.25 bits per heavy atom. The summed E-state index contributed by atoms with van der Waals surface area (Å²) in [7, 11) is 0. The zero-order chi connectivity index (χ0) is 26.1. The molecule has 1 unspecified atom stereocenters. The zero-order valence-corrected chi connectivity index (χ0v) is 20.6. The normalized spacial score (nSPS) is 12.1. The second-order valence-electron chi connectivity index (χ2n) is 7.89. The second kappa shape index (κ2) is 12.5. The van der Waals surface area contributed by atoms with Crippen molar-refractivity contribution in [1.82, 2.24) is 9.97 Å². The van der Waals surface area contributed by atoms with E-state index in [9.17, 15) is 22.8 Å². The third kappa shape index (κ3) is 7.27. The van der Waals surface area contributed by atoms with Crippen LogP contribution in [0.25, 0.3) is 11.3 Å². The van der Waals surface area contributed by atoms with E-state index in [2.05, 4.69) is 9.97 Å². The van der Waals surface area contributed by atoms with Gasteiger partial charge in [-0.1, -0.05) is 19.8 Å². The van der Waals surface area contributed by atoms with E-state index in [0.717, 1.165) is 31.4 Å². The van der Waals surface area contributed by atoms with Gasteiger partial charge < -0.3 is 14.4 Å². The topological polar surface area (TPSA) is 81.6 Å². The van der Waals surface area contributed by atoms with Gasteiger partial charge in [-0.3, -0.25) is 14.6 Å². The number of hydrogen-bond acceptors (Lipinski definition) is 8. The number of esters is 1. The van der Waals surface area contributed by atoms with E-state index < -0.39 is 23.8 Å². The molecule has 0 aliphatic rings. The number of rotatable bonds is 12. The highest BCUT2D eigenvalue weighted by Gasteiger charge is 2.35. The van der Waals surface area contributed by atoms with Crippen molar-refractivity contribution in [2.45, 2.75) is 45.4 Å². The Kier molecular flexibility index (Phi) is 9.40. The van der Waals surface area contributed by atoms with Gasteiger partial charge in [0, 0.05) is 35.9 Å². The third-order valence-electron chi connectivity index (χ3n) is 5.10. The van der Waals surface area contributed by atoms with Crippen LogP contribution in [0.4, 0.5) is 24.0 Å². The van der Waals surface area contributed by atoms with E-state index in [-0.39, 0.29) is 24.6 Å². The maximum Gasteiger partial charge on any atom is 0.420 e. The lowest BCUT2D eigenvalue weighted by Gasteiger charge is -2.26. The third-order valence-corrected chi connectivity index (χ3v) is 5.96. The first-order chi connectivity index (χ1) is 17.2. The van der Waals surface area contributed by atoms with Gasteiger partial charge in [0.2, 0.25) is 0 Å². The summed E-state index contributed by atoms with van der Waals surface area (Å²) in [6.07, 6.45) is 0.169. The number of carbonyl (C=O) groups excluding carboxylic acids is 2. The Labute approximate surface area is 210 Å². The highest BCUT2D eigenvalue weighted by molar-refractivity contribution is 7.14. The molecule has 36 heavy (non-hydrogen) atoms. The molecule has 2 aromatic heterocycles. The summed E-state index contributed by atoms with van der Waals surface area (Å²) < 4.78 is 52.3. The molecule has 0 aliphatic heterocycles. The highest BCUT2D eigenvalue weighted by Crippen LogP contribution is 2.41. The summed E-state index contributed by atoms with van der Waals surface area (Å²) in [5.74, 6) is -0.960. The van der Waals surface area contributed by atoms with Gasteiger partial charge in [-0.2, -0.15) is 13.2 Å². The number of nitrogens with zero attached hydrogens (tertiary/aromatic N) is 3. The fourth-order valence-corrected chi connectivity index (χ4v) is 4.26. The molecule has 2 heterocycles. The molecule has 11 heteroatoms. The Hall–Kier alpha value is -3.47. The van der Waals surface area contributed by atoms with Crippen LogP contribution in [0.3, 0.4) is 0 Å². The van der Waals surface area contributed by atoms with Crippen LogP contribution in [0.1, 0.15) is 38.7 Å². The molecule has 0 amide bonds. The molecule has 0 saturated carbocycles. The van der Waals surface area contributed by atoms with Gasteiger partial charge in [0.25, 0.3) is 0 Å². The largest absolute Gasteiger partial charge is 0.493 e. The van der Waals surface area contributed by atoms with Crippen LogP contribution in [-0.2, 0) is 20.5 Å². The lowest BCUT2D eigenvalue weighted by Crippen LogP contribution is -2.33. The van der Waals surface area contributed by atoms with E-state index in [1.165, 1.54) is 28.4 Å². The van der Waals surface area contributed by atoms with Crippen LogP contribution in [0.2, 0.25) is 0 Å². The second-order valence-corrected chi connectivity index (χ2v) is 8.72. The molecule has 3 rings (SSSR count). The predicted octanol–water partition coefficient (Wildman–Crippen LogP) is 6.06. The maximum atomic E-state index is 14.0. The first-order valence-electron chi connectivity index (χ1n) is 11.3. The summed E-state index contributed by atoms with van der Waals surface area (Å²) in [5, 5.41) is 2.05. The van der Waals surface area contributed by atoms with Crippen molar-refractivity contribution in [3.8, 4) is 17.0 Å². The van der Waals surface area contributed by atoms with E-state index in [4.69, 9.17) is 9.47 Å². The summed E-state index contributed by atoms with van der Waals surface area (Å²) in [6.45, 7) is 3.08. The molecule has 0 N–H and O–H groups in total. The number of thiazole rings is 1. The number of hydrogen-bond donors (Lipinski definition) is 0. The SMILES string of the molecule is CCCCCOc1ccc(N(CC(C=O)OC(C)=O)c2nc(-c3cccnc3)cs2)cc1C(F)(F)F. The predicted molar refractivity (Wildman–Crippen MR) is 130 cm³/mol. The lowest BCUT2D eigenvalue weighted by atomic mass is 10.1. The number of benzene rings is 1. The Morgan fingerprint density at radius 2 is 2.06 bits per heavy atom. The maximum absolute atomic E-state index is 14.0. The van der Waals surface area contributed by atoms with Crippen molar-refractivity contribution >= 4 is 34.4 Å². The molecule has 192 valence electrons. The van der Waals surface area contributed by atoms with Crippen LogP contribution in [0, 0.1) is 0 Å². The first-order valence-corrected chi connectivity index (χ1v) is 12.2. The Morgan fingerprint density at radius 3 is 2.69 bits per heavy atom. The van der Waals surface area contributed by atoms with Crippen molar-refractivity contribution in [2.75, 3.05) is 18.1 Å². The van der Waals surface area contributed by atoms with Gasteiger partial charge in [0.15, 0.2) is 17.5 Å². The molecule has 0 fully saturated rings. The van der Waals surface area contributed by atoms with Crippen LogP contribution in [0.5, 0.6) is 5.75 Å². The fraction of sp³-hybridized carbons (Fsp3) is 0.360. The molecule has 1 atom stereocenters. The van der Waals surface area contributed by atoms with Gasteiger partial charge in [-0.25, -0.2) is 4.98 Å².